The fourth-order valence-electron chi connectivity index (χ4n) is 3.52. The number of carbonyl (C=O) groups excluding carboxylic acids is 1. The lowest BCUT2D eigenvalue weighted by Crippen LogP contribution is -2.57. The van der Waals surface area contributed by atoms with Crippen LogP contribution >= 0.6 is 0 Å². The molecule has 0 saturated heterocycles. The van der Waals surface area contributed by atoms with Gasteiger partial charge in [-0.3, -0.25) is 14.5 Å². The average Bonchev–Trinajstić information content (AvgIpc) is 2.47. The predicted octanol–water partition coefficient (Wildman–Crippen LogP) is 2.35. The summed E-state index contributed by atoms with van der Waals surface area (Å²) in [5, 5.41) is 9.28. The van der Waals surface area contributed by atoms with Gasteiger partial charge in [0.25, 0.3) is 0 Å². The Bertz CT molecular complexity index is 361. The van der Waals surface area contributed by atoms with Crippen molar-refractivity contribution in [3.8, 4) is 0 Å². The van der Waals surface area contributed by atoms with E-state index in [0.29, 0.717) is 13.1 Å². The molecular weight excluding hydrogens is 268 g/mol. The molecule has 0 aliphatic heterocycles. The Morgan fingerprint density at radius 2 is 1.67 bits per heavy atom. The van der Waals surface area contributed by atoms with Crippen molar-refractivity contribution in [2.45, 2.75) is 70.9 Å². The molecule has 1 aliphatic rings. The van der Waals surface area contributed by atoms with E-state index in [1.54, 1.807) is 0 Å². The van der Waals surface area contributed by atoms with Crippen LogP contribution in [0.15, 0.2) is 0 Å². The van der Waals surface area contributed by atoms with Crippen molar-refractivity contribution < 1.29 is 14.7 Å². The second-order valence-electron chi connectivity index (χ2n) is 6.15. The van der Waals surface area contributed by atoms with E-state index in [4.69, 9.17) is 0 Å². The fraction of sp³-hybridized carbons (Fsp3) is 0.875. The summed E-state index contributed by atoms with van der Waals surface area (Å²) in [5.74, 6) is -0.677. The van der Waals surface area contributed by atoms with Gasteiger partial charge in [-0.05, 0) is 40.7 Å². The summed E-state index contributed by atoms with van der Waals surface area (Å²) in [4.78, 5) is 27.7. The van der Waals surface area contributed by atoms with Gasteiger partial charge in [0, 0.05) is 18.6 Å². The van der Waals surface area contributed by atoms with Crippen molar-refractivity contribution in [3.05, 3.63) is 0 Å². The van der Waals surface area contributed by atoms with Gasteiger partial charge in [-0.15, -0.1) is 0 Å². The summed E-state index contributed by atoms with van der Waals surface area (Å²) in [5.41, 5.74) is -0.369. The van der Waals surface area contributed by atoms with Gasteiger partial charge in [-0.1, -0.05) is 19.3 Å². The number of aliphatic carboxylic acids is 1. The first-order valence-electron chi connectivity index (χ1n) is 8.11. The van der Waals surface area contributed by atoms with Gasteiger partial charge in [-0.2, -0.15) is 0 Å². The standard InChI is InChI=1S/C16H30N2O3/c1-5-18(6-2)15(21)13(3)17(4)16(12-14(19)20)10-8-7-9-11-16/h13H,5-12H2,1-4H3,(H,19,20). The first kappa shape index (κ1) is 18.0. The molecule has 1 aliphatic carbocycles. The van der Waals surface area contributed by atoms with Crippen molar-refractivity contribution in [2.75, 3.05) is 20.1 Å². The molecule has 1 fully saturated rings. The van der Waals surface area contributed by atoms with Crippen molar-refractivity contribution in [1.82, 2.24) is 9.80 Å². The number of carboxylic acids is 1. The number of carboxylic acid groups (broad SMARTS) is 1. The minimum absolute atomic E-state index is 0.0952. The molecule has 0 aromatic carbocycles. The maximum Gasteiger partial charge on any atom is 0.305 e. The monoisotopic (exact) mass is 298 g/mol. The zero-order valence-electron chi connectivity index (χ0n) is 13.9. The number of rotatable bonds is 7. The number of carbonyl (C=O) groups is 2. The maximum atomic E-state index is 12.6. The van der Waals surface area contributed by atoms with Crippen LogP contribution in [0, 0.1) is 0 Å². The second-order valence-corrected chi connectivity index (χ2v) is 6.15. The third kappa shape index (κ3) is 4.19. The van der Waals surface area contributed by atoms with Crippen molar-refractivity contribution in [2.24, 2.45) is 0 Å². The number of likely N-dealkylation sites (N-methyl/N-ethyl adjacent to an activating group) is 2. The number of hydrogen-bond donors (Lipinski definition) is 1. The van der Waals surface area contributed by atoms with E-state index in [9.17, 15) is 14.7 Å². The fourth-order valence-corrected chi connectivity index (χ4v) is 3.52. The van der Waals surface area contributed by atoms with Crippen LogP contribution in [0.4, 0.5) is 0 Å². The third-order valence-electron chi connectivity index (χ3n) is 5.03. The number of amides is 1. The van der Waals surface area contributed by atoms with Gasteiger partial charge in [0.1, 0.15) is 0 Å². The van der Waals surface area contributed by atoms with Crippen LogP contribution in [-0.2, 0) is 9.59 Å². The third-order valence-corrected chi connectivity index (χ3v) is 5.03. The summed E-state index contributed by atoms with van der Waals surface area (Å²) in [6.07, 6.45) is 5.11. The molecule has 1 rings (SSSR count). The molecule has 1 amide bonds. The van der Waals surface area contributed by atoms with E-state index in [-0.39, 0.29) is 23.9 Å². The highest BCUT2D eigenvalue weighted by Gasteiger charge is 2.42. The SMILES string of the molecule is CCN(CC)C(=O)C(C)N(C)C1(CC(=O)O)CCCCC1. The van der Waals surface area contributed by atoms with E-state index in [1.807, 2.05) is 37.6 Å². The number of nitrogens with zero attached hydrogens (tertiary/aromatic N) is 2. The molecule has 122 valence electrons. The van der Waals surface area contributed by atoms with Crippen LogP contribution in [-0.4, -0.2) is 58.5 Å². The number of hydrogen-bond acceptors (Lipinski definition) is 3. The van der Waals surface area contributed by atoms with E-state index < -0.39 is 5.97 Å². The normalized spacial score (nSPS) is 19.3. The zero-order chi connectivity index (χ0) is 16.0. The minimum Gasteiger partial charge on any atom is -0.481 e. The highest BCUT2D eigenvalue weighted by atomic mass is 16.4. The summed E-state index contributed by atoms with van der Waals surface area (Å²) >= 11 is 0. The Balaban J connectivity index is 2.91. The molecule has 0 heterocycles. The van der Waals surface area contributed by atoms with Crippen molar-refractivity contribution >= 4 is 11.9 Å². The van der Waals surface area contributed by atoms with Crippen LogP contribution in [0.3, 0.4) is 0 Å². The Morgan fingerprint density at radius 3 is 2.10 bits per heavy atom. The van der Waals surface area contributed by atoms with Crippen molar-refractivity contribution in [1.29, 1.82) is 0 Å². The first-order valence-corrected chi connectivity index (χ1v) is 8.11. The van der Waals surface area contributed by atoms with Gasteiger partial charge < -0.3 is 10.0 Å². The minimum atomic E-state index is -0.772. The first-order chi connectivity index (χ1) is 9.88. The Hall–Kier alpha value is -1.10. The average molecular weight is 298 g/mol. The molecule has 1 N–H and O–H groups in total. The zero-order valence-corrected chi connectivity index (χ0v) is 13.9. The summed E-state index contributed by atoms with van der Waals surface area (Å²) in [7, 11) is 1.92. The molecule has 1 unspecified atom stereocenters. The highest BCUT2D eigenvalue weighted by molar-refractivity contribution is 5.81. The largest absolute Gasteiger partial charge is 0.481 e. The lowest BCUT2D eigenvalue weighted by atomic mass is 9.77. The van der Waals surface area contributed by atoms with Crippen LogP contribution < -0.4 is 0 Å². The predicted molar refractivity (Wildman–Crippen MR) is 83.2 cm³/mol. The molecule has 1 saturated carbocycles. The van der Waals surface area contributed by atoms with Gasteiger partial charge in [0.15, 0.2) is 0 Å². The molecule has 1 atom stereocenters. The van der Waals surface area contributed by atoms with Gasteiger partial charge >= 0.3 is 5.97 Å². The van der Waals surface area contributed by atoms with E-state index in [1.165, 1.54) is 0 Å². The molecule has 0 aromatic rings. The molecule has 0 bridgehead atoms. The smallest absolute Gasteiger partial charge is 0.305 e. The summed E-state index contributed by atoms with van der Waals surface area (Å²) < 4.78 is 0. The molecule has 5 heteroatoms. The summed E-state index contributed by atoms with van der Waals surface area (Å²) in [6.45, 7) is 7.24. The summed E-state index contributed by atoms with van der Waals surface area (Å²) in [6, 6.07) is -0.276. The second kappa shape index (κ2) is 7.78. The van der Waals surface area contributed by atoms with E-state index in [2.05, 4.69) is 0 Å². The Kier molecular flexibility index (Phi) is 6.65. The van der Waals surface area contributed by atoms with Gasteiger partial charge in [0.2, 0.25) is 5.91 Å². The van der Waals surface area contributed by atoms with E-state index in [0.717, 1.165) is 32.1 Å². The van der Waals surface area contributed by atoms with Crippen LogP contribution in [0.2, 0.25) is 0 Å². The molecule has 0 aromatic heterocycles. The Labute approximate surface area is 128 Å². The molecule has 0 radical (unpaired) electrons. The van der Waals surface area contributed by atoms with E-state index >= 15 is 0 Å². The lowest BCUT2D eigenvalue weighted by Gasteiger charge is -2.47. The van der Waals surface area contributed by atoms with Crippen molar-refractivity contribution in [3.63, 3.8) is 0 Å². The maximum absolute atomic E-state index is 12.6. The molecular formula is C16H30N2O3. The quantitative estimate of drug-likeness (QED) is 0.784. The Morgan fingerprint density at radius 1 is 1.14 bits per heavy atom. The molecule has 0 spiro atoms. The van der Waals surface area contributed by atoms with Gasteiger partial charge in [-0.25, -0.2) is 0 Å². The topological polar surface area (TPSA) is 60.9 Å². The highest BCUT2D eigenvalue weighted by Crippen LogP contribution is 2.37. The van der Waals surface area contributed by atoms with Gasteiger partial charge in [0.05, 0.1) is 12.5 Å². The molecule has 5 nitrogen and oxygen atoms in total. The molecule has 21 heavy (non-hydrogen) atoms. The lowest BCUT2D eigenvalue weighted by molar-refractivity contribution is -0.146. The van der Waals surface area contributed by atoms with Crippen LogP contribution in [0.25, 0.3) is 0 Å². The van der Waals surface area contributed by atoms with Crippen LogP contribution in [0.1, 0.15) is 59.3 Å². The van der Waals surface area contributed by atoms with Crippen LogP contribution in [0.5, 0.6) is 0 Å².